The molecule has 0 aromatic rings. The third-order valence-electron chi connectivity index (χ3n) is 3.15. The Bertz CT molecular complexity index is 403. The Morgan fingerprint density at radius 1 is 1.16 bits per heavy atom. The molecule has 1 saturated heterocycles. The second kappa shape index (κ2) is 7.80. The number of methoxy groups -OCH3 is 1. The first kappa shape index (κ1) is 16.4. The average molecular weight is 291 g/mol. The number of nitriles is 1. The average Bonchev–Trinajstić information content (AvgIpc) is 2.69. The molecule has 19 heavy (non-hydrogen) atoms. The van der Waals surface area contributed by atoms with Crippen molar-refractivity contribution in [2.24, 2.45) is 5.41 Å². The minimum atomic E-state index is -3.04. The summed E-state index contributed by atoms with van der Waals surface area (Å²) in [5.41, 5.74) is -0.754. The van der Waals surface area contributed by atoms with Crippen molar-refractivity contribution in [3.05, 3.63) is 0 Å². The van der Waals surface area contributed by atoms with Crippen molar-refractivity contribution >= 4 is 9.84 Å². The van der Waals surface area contributed by atoms with Gasteiger partial charge in [-0.3, -0.25) is 0 Å². The molecule has 0 amide bonds. The predicted molar refractivity (Wildman–Crippen MR) is 69.4 cm³/mol. The zero-order valence-electron chi connectivity index (χ0n) is 11.3. The highest BCUT2D eigenvalue weighted by Crippen LogP contribution is 2.34. The molecule has 1 aliphatic rings. The van der Waals surface area contributed by atoms with Crippen LogP contribution in [0.15, 0.2) is 0 Å². The predicted octanol–water partition coefficient (Wildman–Crippen LogP) is 0.385. The molecule has 110 valence electrons. The molecular formula is C12H21NO5S. The van der Waals surface area contributed by atoms with E-state index in [2.05, 4.69) is 6.07 Å². The molecule has 1 atom stereocenters. The van der Waals surface area contributed by atoms with Crippen LogP contribution in [0.5, 0.6) is 0 Å². The smallest absolute Gasteiger partial charge is 0.151 e. The summed E-state index contributed by atoms with van der Waals surface area (Å²) in [6, 6.07) is 2.14. The summed E-state index contributed by atoms with van der Waals surface area (Å²) in [7, 11) is -1.43. The summed E-state index contributed by atoms with van der Waals surface area (Å²) in [4.78, 5) is 0. The van der Waals surface area contributed by atoms with E-state index in [0.29, 0.717) is 45.9 Å². The summed E-state index contributed by atoms with van der Waals surface area (Å²) in [5.74, 6) is 0.0743. The zero-order chi connectivity index (χ0) is 14.2. The monoisotopic (exact) mass is 291 g/mol. The third-order valence-corrected chi connectivity index (χ3v) is 4.97. The van der Waals surface area contributed by atoms with Gasteiger partial charge in [0.2, 0.25) is 0 Å². The lowest BCUT2D eigenvalue weighted by Crippen LogP contribution is -2.23. The van der Waals surface area contributed by atoms with Gasteiger partial charge in [-0.1, -0.05) is 0 Å². The van der Waals surface area contributed by atoms with E-state index >= 15 is 0 Å². The maximum absolute atomic E-state index is 11.4. The molecule has 7 heteroatoms. The molecule has 0 spiro atoms. The third kappa shape index (κ3) is 5.87. The molecule has 0 radical (unpaired) electrons. The van der Waals surface area contributed by atoms with Gasteiger partial charge in [0, 0.05) is 13.7 Å². The number of rotatable bonds is 9. The first-order chi connectivity index (χ1) is 9.04. The molecular weight excluding hydrogens is 270 g/mol. The number of ether oxygens (including phenoxy) is 3. The topological polar surface area (TPSA) is 85.6 Å². The van der Waals surface area contributed by atoms with Crippen LogP contribution in [0.25, 0.3) is 0 Å². The lowest BCUT2D eigenvalue weighted by atomic mass is 9.86. The van der Waals surface area contributed by atoms with E-state index in [1.54, 1.807) is 7.11 Å². The molecule has 6 nitrogen and oxygen atoms in total. The SMILES string of the molecule is COCCOCCOCCC1(C#N)CCS(=O)(=O)C1. The van der Waals surface area contributed by atoms with E-state index < -0.39 is 15.3 Å². The van der Waals surface area contributed by atoms with Crippen LogP contribution in [0, 0.1) is 16.7 Å². The van der Waals surface area contributed by atoms with E-state index in [4.69, 9.17) is 19.5 Å². The van der Waals surface area contributed by atoms with Crippen molar-refractivity contribution in [2.75, 3.05) is 51.6 Å². The van der Waals surface area contributed by atoms with Crippen molar-refractivity contribution in [1.82, 2.24) is 0 Å². The minimum Gasteiger partial charge on any atom is -0.382 e. The number of nitrogens with zero attached hydrogens (tertiary/aromatic N) is 1. The Kier molecular flexibility index (Phi) is 6.72. The van der Waals surface area contributed by atoms with Crippen LogP contribution in [0.4, 0.5) is 0 Å². The quantitative estimate of drug-likeness (QED) is 0.571. The fourth-order valence-corrected chi connectivity index (χ4v) is 4.03. The van der Waals surface area contributed by atoms with Gasteiger partial charge in [-0.15, -0.1) is 0 Å². The second-order valence-corrected chi connectivity index (χ2v) is 6.89. The second-order valence-electron chi connectivity index (χ2n) is 4.70. The van der Waals surface area contributed by atoms with Gasteiger partial charge >= 0.3 is 0 Å². The lowest BCUT2D eigenvalue weighted by Gasteiger charge is -2.18. The fraction of sp³-hybridized carbons (Fsp3) is 0.917. The molecule has 0 aliphatic carbocycles. The Labute approximate surface area is 114 Å². The molecule has 0 aromatic carbocycles. The summed E-state index contributed by atoms with van der Waals surface area (Å²) < 4.78 is 38.2. The maximum Gasteiger partial charge on any atom is 0.151 e. The van der Waals surface area contributed by atoms with Gasteiger partial charge in [0.15, 0.2) is 9.84 Å². The number of hydrogen-bond acceptors (Lipinski definition) is 6. The summed E-state index contributed by atoms with van der Waals surface area (Å²) in [6.07, 6.45) is 0.875. The van der Waals surface area contributed by atoms with Crippen molar-refractivity contribution in [1.29, 1.82) is 5.26 Å². The van der Waals surface area contributed by atoms with E-state index in [-0.39, 0.29) is 11.5 Å². The summed E-state index contributed by atoms with van der Waals surface area (Å²) in [6.45, 7) is 2.38. The van der Waals surface area contributed by atoms with Crippen LogP contribution in [0.2, 0.25) is 0 Å². The Morgan fingerprint density at radius 2 is 1.79 bits per heavy atom. The molecule has 1 rings (SSSR count). The highest BCUT2D eigenvalue weighted by Gasteiger charge is 2.42. The molecule has 1 fully saturated rings. The Hall–Kier alpha value is -0.680. The highest BCUT2D eigenvalue weighted by atomic mass is 32.2. The van der Waals surface area contributed by atoms with Crippen LogP contribution >= 0.6 is 0 Å². The molecule has 0 N–H and O–H groups in total. The van der Waals surface area contributed by atoms with Crippen LogP contribution in [0.3, 0.4) is 0 Å². The van der Waals surface area contributed by atoms with Crippen LogP contribution < -0.4 is 0 Å². The minimum absolute atomic E-state index is 0.0375. The van der Waals surface area contributed by atoms with Gasteiger partial charge in [-0.2, -0.15) is 5.26 Å². The van der Waals surface area contributed by atoms with Crippen molar-refractivity contribution in [3.8, 4) is 6.07 Å². The van der Waals surface area contributed by atoms with Crippen LogP contribution in [-0.4, -0.2) is 60.1 Å². The Balaban J connectivity index is 2.13. The number of hydrogen-bond donors (Lipinski definition) is 0. The Morgan fingerprint density at radius 3 is 2.32 bits per heavy atom. The first-order valence-electron chi connectivity index (χ1n) is 6.30. The van der Waals surface area contributed by atoms with Crippen LogP contribution in [0.1, 0.15) is 12.8 Å². The lowest BCUT2D eigenvalue weighted by molar-refractivity contribution is 0.0204. The summed E-state index contributed by atoms with van der Waals surface area (Å²) in [5, 5.41) is 9.14. The summed E-state index contributed by atoms with van der Waals surface area (Å²) >= 11 is 0. The molecule has 0 bridgehead atoms. The van der Waals surface area contributed by atoms with Gasteiger partial charge in [0.1, 0.15) is 0 Å². The molecule has 0 saturated carbocycles. The number of sulfone groups is 1. The normalized spacial score (nSPS) is 25.3. The highest BCUT2D eigenvalue weighted by molar-refractivity contribution is 7.91. The fourth-order valence-electron chi connectivity index (χ4n) is 1.99. The van der Waals surface area contributed by atoms with Crippen LogP contribution in [-0.2, 0) is 24.0 Å². The van der Waals surface area contributed by atoms with Gasteiger partial charge in [-0.25, -0.2) is 8.42 Å². The maximum atomic E-state index is 11.4. The van der Waals surface area contributed by atoms with Gasteiger partial charge in [0.05, 0.1) is 49.4 Å². The van der Waals surface area contributed by atoms with Gasteiger partial charge in [0.25, 0.3) is 0 Å². The largest absolute Gasteiger partial charge is 0.382 e. The van der Waals surface area contributed by atoms with Crippen molar-refractivity contribution in [2.45, 2.75) is 12.8 Å². The van der Waals surface area contributed by atoms with E-state index in [1.807, 2.05) is 0 Å². The molecule has 1 unspecified atom stereocenters. The van der Waals surface area contributed by atoms with Gasteiger partial charge in [-0.05, 0) is 12.8 Å². The molecule has 1 aliphatic heterocycles. The van der Waals surface area contributed by atoms with E-state index in [9.17, 15) is 8.42 Å². The van der Waals surface area contributed by atoms with Crippen molar-refractivity contribution < 1.29 is 22.6 Å². The zero-order valence-corrected chi connectivity index (χ0v) is 12.1. The standard InChI is InChI=1S/C12H21NO5S/c1-16-5-6-18-8-7-17-4-2-12(10-13)3-9-19(14,15)11-12/h2-9,11H2,1H3. The van der Waals surface area contributed by atoms with Gasteiger partial charge < -0.3 is 14.2 Å². The molecule has 0 aromatic heterocycles. The van der Waals surface area contributed by atoms with E-state index in [0.717, 1.165) is 0 Å². The first-order valence-corrected chi connectivity index (χ1v) is 8.12. The molecule has 1 heterocycles. The van der Waals surface area contributed by atoms with Crippen molar-refractivity contribution in [3.63, 3.8) is 0 Å². The van der Waals surface area contributed by atoms with E-state index in [1.165, 1.54) is 0 Å².